The van der Waals surface area contributed by atoms with E-state index in [0.717, 1.165) is 25.7 Å². The van der Waals surface area contributed by atoms with Gasteiger partial charge in [0, 0.05) is 6.42 Å². The number of unbranched alkanes of at least 4 members (excludes halogenated alkanes) is 1. The van der Waals surface area contributed by atoms with Gasteiger partial charge in [0.15, 0.2) is 0 Å². The van der Waals surface area contributed by atoms with E-state index < -0.39 is 0 Å². The van der Waals surface area contributed by atoms with Crippen LogP contribution in [0.15, 0.2) is 0 Å². The van der Waals surface area contributed by atoms with Gasteiger partial charge in [0.1, 0.15) is 5.60 Å². The summed E-state index contributed by atoms with van der Waals surface area (Å²) in [4.78, 5) is 21.1. The molecule has 0 fully saturated rings. The van der Waals surface area contributed by atoms with E-state index in [9.17, 15) is 4.79 Å². The Hall–Kier alpha value is -0.570. The molecule has 0 saturated heterocycles. The van der Waals surface area contributed by atoms with E-state index in [1.807, 2.05) is 20.8 Å². The van der Waals surface area contributed by atoms with Crippen molar-refractivity contribution in [1.82, 2.24) is 0 Å². The van der Waals surface area contributed by atoms with Crippen molar-refractivity contribution in [2.24, 2.45) is 5.92 Å². The molecule has 0 unspecified atom stereocenters. The molecule has 0 aromatic rings. The standard InChI is InChI=1S/C13H26O3/c1-6-13(4,5)16-15-12(14)10-8-7-9-11(2)3/h11H,6-10H2,1-5H3. The summed E-state index contributed by atoms with van der Waals surface area (Å²) in [6.07, 6.45) is 4.38. The van der Waals surface area contributed by atoms with Crippen LogP contribution in [0.1, 0.15) is 66.7 Å². The number of rotatable bonds is 8. The van der Waals surface area contributed by atoms with E-state index in [-0.39, 0.29) is 11.6 Å². The maximum Gasteiger partial charge on any atom is 0.342 e. The molecule has 0 spiro atoms. The Morgan fingerprint density at radius 2 is 1.88 bits per heavy atom. The number of hydrogen-bond acceptors (Lipinski definition) is 3. The molecule has 3 heteroatoms. The summed E-state index contributed by atoms with van der Waals surface area (Å²) in [5.74, 6) is 0.441. The first kappa shape index (κ1) is 15.4. The summed E-state index contributed by atoms with van der Waals surface area (Å²) in [5.41, 5.74) is -0.381. The zero-order valence-corrected chi connectivity index (χ0v) is 11.3. The smallest absolute Gasteiger partial charge is 0.298 e. The highest BCUT2D eigenvalue weighted by atomic mass is 17.2. The van der Waals surface area contributed by atoms with Crippen LogP contribution in [-0.2, 0) is 14.6 Å². The molecule has 0 aliphatic heterocycles. The number of carbonyl (C=O) groups is 1. The van der Waals surface area contributed by atoms with E-state index in [2.05, 4.69) is 13.8 Å². The molecule has 0 aliphatic carbocycles. The maximum atomic E-state index is 11.3. The Morgan fingerprint density at radius 3 is 2.38 bits per heavy atom. The summed E-state index contributed by atoms with van der Waals surface area (Å²) >= 11 is 0. The van der Waals surface area contributed by atoms with Gasteiger partial charge in [0.25, 0.3) is 0 Å². The van der Waals surface area contributed by atoms with Crippen LogP contribution < -0.4 is 0 Å². The molecule has 0 amide bonds. The predicted octanol–water partition coefficient (Wildman–Crippen LogP) is 3.87. The van der Waals surface area contributed by atoms with Crippen molar-refractivity contribution in [1.29, 1.82) is 0 Å². The van der Waals surface area contributed by atoms with Gasteiger partial charge in [-0.1, -0.05) is 33.6 Å². The zero-order chi connectivity index (χ0) is 12.6. The zero-order valence-electron chi connectivity index (χ0n) is 11.3. The van der Waals surface area contributed by atoms with Crippen molar-refractivity contribution in [3.8, 4) is 0 Å². The Kier molecular flexibility index (Phi) is 7.39. The third-order valence-corrected chi connectivity index (χ3v) is 2.62. The SMILES string of the molecule is CCC(C)(C)OOC(=O)CCCCC(C)C. The van der Waals surface area contributed by atoms with Crippen LogP contribution in [0.3, 0.4) is 0 Å². The monoisotopic (exact) mass is 230 g/mol. The molecule has 0 aromatic carbocycles. The van der Waals surface area contributed by atoms with Gasteiger partial charge in [-0.05, 0) is 32.6 Å². The minimum atomic E-state index is -0.381. The molecule has 0 N–H and O–H groups in total. The Bertz CT molecular complexity index is 197. The molecular formula is C13H26O3. The highest BCUT2D eigenvalue weighted by molar-refractivity contribution is 5.68. The minimum absolute atomic E-state index is 0.259. The molecule has 0 aliphatic rings. The molecule has 0 heterocycles. The molecule has 0 bridgehead atoms. The van der Waals surface area contributed by atoms with Crippen molar-refractivity contribution in [3.63, 3.8) is 0 Å². The first-order chi connectivity index (χ1) is 7.37. The predicted molar refractivity (Wildman–Crippen MR) is 64.9 cm³/mol. The van der Waals surface area contributed by atoms with Crippen LogP contribution in [0, 0.1) is 5.92 Å². The molecule has 0 radical (unpaired) electrons. The van der Waals surface area contributed by atoms with E-state index in [1.165, 1.54) is 0 Å². The molecule has 3 nitrogen and oxygen atoms in total. The van der Waals surface area contributed by atoms with Crippen LogP contribution in [0.4, 0.5) is 0 Å². The highest BCUT2D eigenvalue weighted by Crippen LogP contribution is 2.15. The summed E-state index contributed by atoms with van der Waals surface area (Å²) in [5, 5.41) is 0. The van der Waals surface area contributed by atoms with Crippen LogP contribution in [0.5, 0.6) is 0 Å². The highest BCUT2D eigenvalue weighted by Gasteiger charge is 2.19. The van der Waals surface area contributed by atoms with Crippen molar-refractivity contribution >= 4 is 5.97 Å². The van der Waals surface area contributed by atoms with Gasteiger partial charge < -0.3 is 0 Å². The van der Waals surface area contributed by atoms with Crippen molar-refractivity contribution in [2.75, 3.05) is 0 Å². The lowest BCUT2D eigenvalue weighted by molar-refractivity contribution is -0.325. The summed E-state index contributed by atoms with van der Waals surface area (Å²) < 4.78 is 0. The Morgan fingerprint density at radius 1 is 1.25 bits per heavy atom. The minimum Gasteiger partial charge on any atom is -0.298 e. The van der Waals surface area contributed by atoms with E-state index in [1.54, 1.807) is 0 Å². The first-order valence-corrected chi connectivity index (χ1v) is 6.26. The first-order valence-electron chi connectivity index (χ1n) is 6.26. The Labute approximate surface area is 99.4 Å². The molecular weight excluding hydrogens is 204 g/mol. The van der Waals surface area contributed by atoms with Gasteiger partial charge in [-0.2, -0.15) is 4.89 Å². The van der Waals surface area contributed by atoms with Gasteiger partial charge in [0.2, 0.25) is 0 Å². The molecule has 96 valence electrons. The fourth-order valence-corrected chi connectivity index (χ4v) is 1.08. The lowest BCUT2D eigenvalue weighted by Gasteiger charge is -2.20. The van der Waals surface area contributed by atoms with Crippen LogP contribution in [0.2, 0.25) is 0 Å². The van der Waals surface area contributed by atoms with Gasteiger partial charge in [0.05, 0.1) is 0 Å². The van der Waals surface area contributed by atoms with Crippen LogP contribution in [0.25, 0.3) is 0 Å². The van der Waals surface area contributed by atoms with Gasteiger partial charge in [-0.3, -0.25) is 4.89 Å². The third-order valence-electron chi connectivity index (χ3n) is 2.62. The number of hydrogen-bond donors (Lipinski definition) is 0. The van der Waals surface area contributed by atoms with E-state index in [4.69, 9.17) is 9.78 Å². The average molecular weight is 230 g/mol. The van der Waals surface area contributed by atoms with Gasteiger partial charge in [-0.25, -0.2) is 4.79 Å². The van der Waals surface area contributed by atoms with Gasteiger partial charge >= 0.3 is 5.97 Å². The van der Waals surface area contributed by atoms with Gasteiger partial charge in [-0.15, -0.1) is 0 Å². The molecule has 16 heavy (non-hydrogen) atoms. The summed E-state index contributed by atoms with van der Waals surface area (Å²) in [7, 11) is 0. The van der Waals surface area contributed by atoms with Crippen molar-refractivity contribution in [3.05, 3.63) is 0 Å². The van der Waals surface area contributed by atoms with Crippen molar-refractivity contribution < 1.29 is 14.6 Å². The summed E-state index contributed by atoms with van der Waals surface area (Å²) in [6.45, 7) is 10.2. The largest absolute Gasteiger partial charge is 0.342 e. The topological polar surface area (TPSA) is 35.5 Å². The Balaban J connectivity index is 3.52. The molecule has 0 saturated carbocycles. The van der Waals surface area contributed by atoms with Crippen LogP contribution >= 0.6 is 0 Å². The fraction of sp³-hybridized carbons (Fsp3) is 0.923. The second-order valence-corrected chi connectivity index (χ2v) is 5.29. The molecule has 0 atom stereocenters. The fourth-order valence-electron chi connectivity index (χ4n) is 1.08. The normalized spacial score (nSPS) is 11.9. The lowest BCUT2D eigenvalue weighted by atomic mass is 10.1. The number of carbonyl (C=O) groups excluding carboxylic acids is 1. The van der Waals surface area contributed by atoms with Crippen molar-refractivity contribution in [2.45, 2.75) is 72.3 Å². The van der Waals surface area contributed by atoms with E-state index in [0.29, 0.717) is 12.3 Å². The molecule has 0 rings (SSSR count). The van der Waals surface area contributed by atoms with E-state index >= 15 is 0 Å². The quantitative estimate of drug-likeness (QED) is 0.361. The lowest BCUT2D eigenvalue weighted by Crippen LogP contribution is -2.25. The second kappa shape index (κ2) is 7.66. The van der Waals surface area contributed by atoms with Crippen LogP contribution in [-0.4, -0.2) is 11.6 Å². The second-order valence-electron chi connectivity index (χ2n) is 5.29. The summed E-state index contributed by atoms with van der Waals surface area (Å²) in [6, 6.07) is 0. The maximum absolute atomic E-state index is 11.3. The molecule has 0 aromatic heterocycles. The average Bonchev–Trinajstić information content (AvgIpc) is 2.21. The third kappa shape index (κ3) is 8.72.